The van der Waals surface area contributed by atoms with Crippen LogP contribution in [0.25, 0.3) is 0 Å². The molecule has 0 aromatic rings. The number of allylic oxidation sites excluding steroid dienone is 3. The molecular formula is C47H83Cl3NO11P. The van der Waals surface area contributed by atoms with Crippen LogP contribution >= 0.6 is 42.6 Å². The second kappa shape index (κ2) is 38.9. The monoisotopic (exact) mass is 973 g/mol. The Hall–Kier alpha value is -1.15. The lowest BCUT2D eigenvalue weighted by molar-refractivity contribution is -0.262. The van der Waals surface area contributed by atoms with E-state index in [2.05, 4.69) is 44.5 Å². The minimum atomic E-state index is -4.32. The number of alkyl carbamates (subject to hydrolysis) is 1. The molecule has 0 radical (unpaired) electrons. The minimum absolute atomic E-state index is 0.0345. The molecule has 1 heterocycles. The van der Waals surface area contributed by atoms with Crippen molar-refractivity contribution in [1.29, 1.82) is 0 Å². The predicted molar refractivity (Wildman–Crippen MR) is 257 cm³/mol. The summed E-state index contributed by atoms with van der Waals surface area (Å²) in [6.07, 6.45) is 29.5. The summed E-state index contributed by atoms with van der Waals surface area (Å²) in [6, 6.07) is -1.11. The Morgan fingerprint density at radius 1 is 0.794 bits per heavy atom. The topological polar surface area (TPSA) is 129 Å². The minimum Gasteiger partial charge on any atom is -0.471 e. The van der Waals surface area contributed by atoms with E-state index in [0.29, 0.717) is 13.0 Å². The highest BCUT2D eigenvalue weighted by Gasteiger charge is 2.52. The van der Waals surface area contributed by atoms with Gasteiger partial charge < -0.3 is 33.7 Å². The normalized spacial score (nSPS) is 20.0. The van der Waals surface area contributed by atoms with Gasteiger partial charge in [0.1, 0.15) is 31.0 Å². The maximum atomic E-state index is 14.1. The zero-order valence-electron chi connectivity index (χ0n) is 39.0. The van der Waals surface area contributed by atoms with Crippen molar-refractivity contribution in [3.05, 3.63) is 49.8 Å². The quantitative estimate of drug-likeness (QED) is 0.0207. The molecule has 0 spiro atoms. The molecule has 0 unspecified atom stereocenters. The lowest BCUT2D eigenvalue weighted by Gasteiger charge is -2.45. The lowest BCUT2D eigenvalue weighted by atomic mass is 9.96. The Balaban J connectivity index is 3.26. The van der Waals surface area contributed by atoms with E-state index in [1.54, 1.807) is 13.0 Å². The van der Waals surface area contributed by atoms with E-state index >= 15 is 0 Å². The van der Waals surface area contributed by atoms with Crippen LogP contribution in [-0.2, 0) is 46.6 Å². The fourth-order valence-electron chi connectivity index (χ4n) is 7.03. The number of phosphoric acid groups is 1. The number of methoxy groups -OCH3 is 1. The van der Waals surface area contributed by atoms with Crippen molar-refractivity contribution in [1.82, 2.24) is 5.32 Å². The molecule has 1 amide bonds. The Labute approximate surface area is 396 Å². The number of carbonyl (C=O) groups excluding carboxylic acids is 1. The molecule has 1 fully saturated rings. The van der Waals surface area contributed by atoms with Crippen LogP contribution in [0, 0.1) is 0 Å². The molecule has 368 valence electrons. The number of alkyl halides is 3. The molecule has 1 saturated heterocycles. The summed E-state index contributed by atoms with van der Waals surface area (Å²) in [5, 5.41) is 2.75. The van der Waals surface area contributed by atoms with Crippen molar-refractivity contribution in [2.75, 3.05) is 46.8 Å². The van der Waals surface area contributed by atoms with Crippen molar-refractivity contribution in [3.63, 3.8) is 0 Å². The van der Waals surface area contributed by atoms with Gasteiger partial charge in [0.25, 0.3) is 0 Å². The summed E-state index contributed by atoms with van der Waals surface area (Å²) in [6.45, 7) is 13.5. The van der Waals surface area contributed by atoms with Crippen molar-refractivity contribution < 1.29 is 51.4 Å². The highest BCUT2D eigenvalue weighted by Crippen LogP contribution is 2.52. The van der Waals surface area contributed by atoms with E-state index in [9.17, 15) is 9.36 Å². The third kappa shape index (κ3) is 30.7. The molecule has 1 rings (SSSR count). The van der Waals surface area contributed by atoms with Crippen LogP contribution in [0.5, 0.6) is 0 Å². The molecule has 0 aliphatic carbocycles. The number of carbonyl (C=O) groups is 1. The van der Waals surface area contributed by atoms with Gasteiger partial charge in [-0.25, -0.2) is 9.36 Å². The number of ether oxygens (including phenoxy) is 6. The van der Waals surface area contributed by atoms with Gasteiger partial charge in [-0.2, -0.15) is 0 Å². The van der Waals surface area contributed by atoms with Gasteiger partial charge in [-0.3, -0.25) is 13.6 Å². The maximum absolute atomic E-state index is 14.1. The number of nitrogens with one attached hydrogen (secondary N) is 1. The molecule has 0 aromatic carbocycles. The first-order valence-corrected chi connectivity index (χ1v) is 26.1. The molecule has 0 bridgehead atoms. The van der Waals surface area contributed by atoms with E-state index in [1.165, 1.54) is 109 Å². The summed E-state index contributed by atoms with van der Waals surface area (Å²) in [7, 11) is -2.83. The van der Waals surface area contributed by atoms with E-state index in [0.717, 1.165) is 44.9 Å². The SMILES string of the molecule is C=CCOP(=O)(OCC=C)O[C@H]1[C@H](OCC[C@@H](CCCCCCCCCCC)OCCCCCC/C=C\CCCCCC)[C@@H](NC(=O)OCC(Cl)(Cl)Cl)[C@H](OC=CC)O[C@@H]1COC. The Bertz CT molecular complexity index is 1240. The van der Waals surface area contributed by atoms with Gasteiger partial charge in [-0.05, 0) is 51.9 Å². The standard InChI is InChI=1S/C47H83Cl3NO11P/c1-7-12-14-16-18-20-21-22-24-26-28-30-36-55-40(31-29-27-25-23-19-17-15-13-8-2)32-37-56-44-42(51-46(52)58-39-47(48,49)50)45(57-33-9-3)61-41(38-54-6)43(44)62-63(53,59-34-10-4)60-35-11-5/h9-11,20-21,33,40-45H,4-5,7-8,12-19,22-32,34-39H2,1-3,6H3,(H,51,52)/b21-20-,33-9?/t40-,41-,42-,43-,44-,45-/m1/s1. The van der Waals surface area contributed by atoms with Crippen LogP contribution in [0.1, 0.15) is 156 Å². The van der Waals surface area contributed by atoms with Crippen molar-refractivity contribution in [2.45, 2.75) is 196 Å². The molecule has 1 aliphatic rings. The largest absolute Gasteiger partial charge is 0.475 e. The van der Waals surface area contributed by atoms with Crippen LogP contribution in [0.15, 0.2) is 49.8 Å². The molecule has 0 aromatic heterocycles. The van der Waals surface area contributed by atoms with Crippen molar-refractivity contribution >= 4 is 48.7 Å². The van der Waals surface area contributed by atoms with Crippen LogP contribution in [0.3, 0.4) is 0 Å². The number of hydrogen-bond donors (Lipinski definition) is 1. The summed E-state index contributed by atoms with van der Waals surface area (Å²) in [5.41, 5.74) is 0. The zero-order valence-corrected chi connectivity index (χ0v) is 42.2. The molecule has 12 nitrogen and oxygen atoms in total. The molecule has 16 heteroatoms. The van der Waals surface area contributed by atoms with Gasteiger partial charge in [0.2, 0.25) is 10.1 Å². The van der Waals surface area contributed by atoms with Gasteiger partial charge in [-0.15, -0.1) is 13.2 Å². The number of hydrogen-bond acceptors (Lipinski definition) is 11. The van der Waals surface area contributed by atoms with Crippen molar-refractivity contribution in [3.8, 4) is 0 Å². The van der Waals surface area contributed by atoms with E-state index < -0.39 is 55.0 Å². The molecule has 6 atom stereocenters. The molecule has 1 aliphatic heterocycles. The zero-order chi connectivity index (χ0) is 46.4. The molecule has 0 saturated carbocycles. The van der Waals surface area contributed by atoms with Gasteiger partial charge in [-0.1, -0.05) is 169 Å². The van der Waals surface area contributed by atoms with Crippen LogP contribution in [0.4, 0.5) is 4.79 Å². The van der Waals surface area contributed by atoms with E-state index in [4.69, 9.17) is 76.8 Å². The maximum Gasteiger partial charge on any atom is 0.475 e. The number of unbranched alkanes of at least 4 members (excludes halogenated alkanes) is 16. The van der Waals surface area contributed by atoms with Crippen LogP contribution in [0.2, 0.25) is 0 Å². The van der Waals surface area contributed by atoms with Crippen LogP contribution < -0.4 is 5.32 Å². The first kappa shape index (κ1) is 59.9. The van der Waals surface area contributed by atoms with Gasteiger partial charge in [0, 0.05) is 20.3 Å². The number of rotatable bonds is 41. The number of halogens is 3. The second-order valence-corrected chi connectivity index (χ2v) is 20.0. The second-order valence-electron chi connectivity index (χ2n) is 15.9. The summed E-state index contributed by atoms with van der Waals surface area (Å²) in [5.74, 6) is 0. The average molecular weight is 976 g/mol. The summed E-state index contributed by atoms with van der Waals surface area (Å²) >= 11 is 17.7. The van der Waals surface area contributed by atoms with Gasteiger partial charge in [0.05, 0.1) is 32.2 Å². The summed E-state index contributed by atoms with van der Waals surface area (Å²) < 4.78 is 65.8. The first-order chi connectivity index (χ1) is 30.5. The van der Waals surface area contributed by atoms with Crippen LogP contribution in [-0.4, -0.2) is 93.4 Å². The molecular weight excluding hydrogens is 892 g/mol. The lowest BCUT2D eigenvalue weighted by Crippen LogP contribution is -2.66. The summed E-state index contributed by atoms with van der Waals surface area (Å²) in [4.78, 5) is 13.2. The Morgan fingerprint density at radius 2 is 1.37 bits per heavy atom. The average Bonchev–Trinajstić information content (AvgIpc) is 3.25. The molecule has 1 N–H and O–H groups in total. The van der Waals surface area contributed by atoms with Gasteiger partial charge >= 0.3 is 13.9 Å². The highest BCUT2D eigenvalue weighted by molar-refractivity contribution is 7.48. The predicted octanol–water partition coefficient (Wildman–Crippen LogP) is 13.8. The number of phosphoric ester groups is 1. The number of amides is 1. The fourth-order valence-corrected chi connectivity index (χ4v) is 8.52. The fraction of sp³-hybridized carbons (Fsp3) is 0.809. The third-order valence-corrected chi connectivity index (χ3v) is 12.1. The Kier molecular flexibility index (Phi) is 37.0. The third-order valence-electron chi connectivity index (χ3n) is 10.3. The van der Waals surface area contributed by atoms with E-state index in [-0.39, 0.29) is 32.5 Å². The first-order valence-electron chi connectivity index (χ1n) is 23.6. The smallest absolute Gasteiger partial charge is 0.471 e. The molecule has 63 heavy (non-hydrogen) atoms. The highest BCUT2D eigenvalue weighted by atomic mass is 35.6. The Morgan fingerprint density at radius 3 is 1.94 bits per heavy atom. The van der Waals surface area contributed by atoms with Gasteiger partial charge in [0.15, 0.2) is 0 Å². The van der Waals surface area contributed by atoms with Crippen molar-refractivity contribution in [2.24, 2.45) is 0 Å². The van der Waals surface area contributed by atoms with E-state index in [1.807, 2.05) is 0 Å².